The average Bonchev–Trinajstić information content (AvgIpc) is 2.70. The van der Waals surface area contributed by atoms with Crippen molar-refractivity contribution in [1.82, 2.24) is 4.98 Å². The minimum absolute atomic E-state index is 0.431. The number of rotatable bonds is 5. The highest BCUT2D eigenvalue weighted by Crippen LogP contribution is 2.32. The molecule has 0 bridgehead atoms. The van der Waals surface area contributed by atoms with E-state index in [4.69, 9.17) is 0 Å². The molecule has 2 heterocycles. The van der Waals surface area contributed by atoms with Gasteiger partial charge in [-0.1, -0.05) is 44.4 Å². The molecule has 0 radical (unpaired) electrons. The van der Waals surface area contributed by atoms with Gasteiger partial charge >= 0.3 is 5.97 Å². The van der Waals surface area contributed by atoms with Crippen LogP contribution < -0.4 is 4.90 Å². The number of hydrogen-bond acceptors (Lipinski definition) is 4. The molecule has 20 heavy (non-hydrogen) atoms. The van der Waals surface area contributed by atoms with Crippen LogP contribution in [0.25, 0.3) is 0 Å². The van der Waals surface area contributed by atoms with E-state index in [0.717, 1.165) is 36.6 Å². The number of aromatic nitrogens is 1. The summed E-state index contributed by atoms with van der Waals surface area (Å²) >= 11 is 1.36. The molecule has 0 aliphatic carbocycles. The topological polar surface area (TPSA) is 53.4 Å². The molecule has 1 N–H and O–H groups in total. The molecule has 0 spiro atoms. The lowest BCUT2D eigenvalue weighted by atomic mass is 10.1. The van der Waals surface area contributed by atoms with Crippen LogP contribution in [0.1, 0.15) is 67.7 Å². The van der Waals surface area contributed by atoms with E-state index >= 15 is 0 Å². The zero-order chi connectivity index (χ0) is 14.5. The Bertz CT molecular complexity index is 459. The summed E-state index contributed by atoms with van der Waals surface area (Å²) in [6.45, 7) is 5.28. The van der Waals surface area contributed by atoms with Crippen molar-refractivity contribution in [3.8, 4) is 0 Å². The van der Waals surface area contributed by atoms with Crippen LogP contribution in [0.2, 0.25) is 0 Å². The van der Waals surface area contributed by atoms with Gasteiger partial charge in [0.05, 0.1) is 5.69 Å². The number of carboxylic acid groups (broad SMARTS) is 1. The first-order valence-corrected chi connectivity index (χ1v) is 8.48. The lowest BCUT2D eigenvalue weighted by molar-refractivity contribution is 0.0700. The first-order valence-electron chi connectivity index (χ1n) is 7.67. The molecule has 0 aromatic carbocycles. The largest absolute Gasteiger partial charge is 0.477 e. The van der Waals surface area contributed by atoms with Gasteiger partial charge < -0.3 is 10.0 Å². The third kappa shape index (κ3) is 3.32. The molecule has 1 unspecified atom stereocenters. The zero-order valence-corrected chi connectivity index (χ0v) is 13.2. The second-order valence-corrected chi connectivity index (χ2v) is 6.41. The van der Waals surface area contributed by atoms with E-state index in [2.05, 4.69) is 23.7 Å². The van der Waals surface area contributed by atoms with Gasteiger partial charge in [0, 0.05) is 12.6 Å². The van der Waals surface area contributed by atoms with Gasteiger partial charge in [0.2, 0.25) is 0 Å². The quantitative estimate of drug-likeness (QED) is 0.893. The van der Waals surface area contributed by atoms with Crippen LogP contribution >= 0.6 is 11.3 Å². The molecule has 1 fully saturated rings. The molecule has 1 atom stereocenters. The van der Waals surface area contributed by atoms with Gasteiger partial charge in [0.15, 0.2) is 5.13 Å². The van der Waals surface area contributed by atoms with Crippen molar-refractivity contribution in [1.29, 1.82) is 0 Å². The fraction of sp³-hybridized carbons (Fsp3) is 0.733. The third-order valence-electron chi connectivity index (χ3n) is 3.96. The predicted octanol–water partition coefficient (Wildman–Crippen LogP) is 3.95. The number of carboxylic acids is 1. The van der Waals surface area contributed by atoms with Crippen LogP contribution in [-0.4, -0.2) is 28.6 Å². The number of nitrogens with zero attached hydrogens (tertiary/aromatic N) is 2. The summed E-state index contributed by atoms with van der Waals surface area (Å²) in [5.74, 6) is -0.833. The monoisotopic (exact) mass is 296 g/mol. The first kappa shape index (κ1) is 15.3. The van der Waals surface area contributed by atoms with E-state index in [-0.39, 0.29) is 0 Å². The van der Waals surface area contributed by atoms with Gasteiger partial charge in [-0.05, 0) is 25.7 Å². The Kier molecular flexibility index (Phi) is 5.40. The van der Waals surface area contributed by atoms with E-state index in [1.807, 2.05) is 0 Å². The number of aromatic carboxylic acids is 1. The predicted molar refractivity (Wildman–Crippen MR) is 83.0 cm³/mol. The van der Waals surface area contributed by atoms with E-state index in [1.165, 1.54) is 37.0 Å². The molecule has 1 aromatic heterocycles. The summed E-state index contributed by atoms with van der Waals surface area (Å²) in [5, 5.41) is 10.3. The van der Waals surface area contributed by atoms with Crippen molar-refractivity contribution in [2.75, 3.05) is 11.4 Å². The van der Waals surface area contributed by atoms with Crippen LogP contribution in [0.4, 0.5) is 5.13 Å². The molecule has 112 valence electrons. The highest BCUT2D eigenvalue weighted by Gasteiger charge is 2.25. The smallest absolute Gasteiger partial charge is 0.347 e. The number of carbonyl (C=O) groups is 1. The van der Waals surface area contributed by atoms with Crippen molar-refractivity contribution < 1.29 is 9.90 Å². The lowest BCUT2D eigenvalue weighted by Gasteiger charge is -2.28. The Morgan fingerprint density at radius 2 is 2.20 bits per heavy atom. The highest BCUT2D eigenvalue weighted by molar-refractivity contribution is 7.17. The van der Waals surface area contributed by atoms with Gasteiger partial charge in [-0.25, -0.2) is 9.78 Å². The Labute approximate surface area is 124 Å². The van der Waals surface area contributed by atoms with Gasteiger partial charge in [0.25, 0.3) is 0 Å². The first-order chi connectivity index (χ1) is 9.67. The standard InChI is InChI=1S/C15H24N2O2S/c1-3-8-12-13(14(18)19)20-15(16-12)17-10-7-5-6-9-11(17)4-2/h11H,3-10H2,1-2H3,(H,18,19). The Balaban J connectivity index is 2.29. The molecular formula is C15H24N2O2S. The van der Waals surface area contributed by atoms with E-state index < -0.39 is 5.97 Å². The zero-order valence-electron chi connectivity index (χ0n) is 12.4. The second kappa shape index (κ2) is 7.07. The maximum absolute atomic E-state index is 11.4. The normalized spacial score (nSPS) is 19.9. The van der Waals surface area contributed by atoms with Gasteiger partial charge in [-0.2, -0.15) is 0 Å². The maximum Gasteiger partial charge on any atom is 0.347 e. The Hall–Kier alpha value is -1.10. The van der Waals surface area contributed by atoms with Gasteiger partial charge in [0.1, 0.15) is 4.88 Å². The number of thiazole rings is 1. The number of hydrogen-bond donors (Lipinski definition) is 1. The van der Waals surface area contributed by atoms with Crippen LogP contribution in [0.15, 0.2) is 0 Å². The van der Waals surface area contributed by atoms with E-state index in [9.17, 15) is 9.90 Å². The van der Waals surface area contributed by atoms with Crippen molar-refractivity contribution >= 4 is 22.4 Å². The summed E-state index contributed by atoms with van der Waals surface area (Å²) < 4.78 is 0. The molecule has 0 amide bonds. The fourth-order valence-electron chi connectivity index (χ4n) is 2.89. The van der Waals surface area contributed by atoms with E-state index in [0.29, 0.717) is 10.9 Å². The highest BCUT2D eigenvalue weighted by atomic mass is 32.1. The van der Waals surface area contributed by atoms with E-state index in [1.54, 1.807) is 0 Å². The fourth-order valence-corrected chi connectivity index (χ4v) is 3.94. The molecular weight excluding hydrogens is 272 g/mol. The summed E-state index contributed by atoms with van der Waals surface area (Å²) in [6, 6.07) is 0.514. The third-order valence-corrected chi connectivity index (χ3v) is 5.08. The van der Waals surface area contributed by atoms with Crippen LogP contribution in [-0.2, 0) is 6.42 Å². The van der Waals surface area contributed by atoms with Crippen molar-refractivity contribution in [2.24, 2.45) is 0 Å². The molecule has 4 nitrogen and oxygen atoms in total. The van der Waals surface area contributed by atoms with Gasteiger partial charge in [-0.3, -0.25) is 0 Å². The molecule has 2 rings (SSSR count). The minimum Gasteiger partial charge on any atom is -0.477 e. The average molecular weight is 296 g/mol. The summed E-state index contributed by atoms with van der Waals surface area (Å²) in [6.07, 6.45) is 7.71. The molecule has 1 aliphatic rings. The number of anilines is 1. The van der Waals surface area contributed by atoms with Crippen molar-refractivity contribution in [2.45, 2.75) is 64.8 Å². The van der Waals surface area contributed by atoms with Crippen molar-refractivity contribution in [3.05, 3.63) is 10.6 Å². The molecule has 1 aliphatic heterocycles. The summed E-state index contributed by atoms with van der Waals surface area (Å²) in [5.41, 5.74) is 0.763. The summed E-state index contributed by atoms with van der Waals surface area (Å²) in [4.78, 5) is 18.8. The van der Waals surface area contributed by atoms with Crippen molar-refractivity contribution in [3.63, 3.8) is 0 Å². The lowest BCUT2D eigenvalue weighted by Crippen LogP contribution is -2.34. The van der Waals surface area contributed by atoms with Crippen LogP contribution in [0.5, 0.6) is 0 Å². The SMILES string of the molecule is CCCc1nc(N2CCCCCC2CC)sc1C(=O)O. The Morgan fingerprint density at radius 1 is 1.40 bits per heavy atom. The molecule has 1 aromatic rings. The number of aryl methyl sites for hydroxylation is 1. The second-order valence-electron chi connectivity index (χ2n) is 5.43. The molecule has 1 saturated heterocycles. The minimum atomic E-state index is -0.833. The van der Waals surface area contributed by atoms with Gasteiger partial charge in [-0.15, -0.1) is 0 Å². The Morgan fingerprint density at radius 3 is 2.85 bits per heavy atom. The van der Waals surface area contributed by atoms with Crippen LogP contribution in [0.3, 0.4) is 0 Å². The molecule has 0 saturated carbocycles. The molecule has 5 heteroatoms. The van der Waals surface area contributed by atoms with Crippen LogP contribution in [0, 0.1) is 0 Å². The maximum atomic E-state index is 11.4. The summed E-state index contributed by atoms with van der Waals surface area (Å²) in [7, 11) is 0.